The fourth-order valence-electron chi connectivity index (χ4n) is 4.33. The van der Waals surface area contributed by atoms with E-state index in [1.54, 1.807) is 7.05 Å². The number of tetrazole rings is 1. The Bertz CT molecular complexity index is 1300. The van der Waals surface area contributed by atoms with E-state index in [-0.39, 0.29) is 17.1 Å². The molecule has 1 aromatic carbocycles. The van der Waals surface area contributed by atoms with Gasteiger partial charge in [0, 0.05) is 36.3 Å². The smallest absolute Gasteiger partial charge is 0.417 e. The molecule has 1 saturated heterocycles. The monoisotopic (exact) mass is 512 g/mol. The van der Waals surface area contributed by atoms with Gasteiger partial charge in [-0.15, -0.1) is 5.10 Å². The molecule has 1 aliphatic heterocycles. The number of carbonyl (C=O) groups excluding carboxylic acids is 1. The summed E-state index contributed by atoms with van der Waals surface area (Å²) in [6.45, 7) is 2.05. The second-order valence-electron chi connectivity index (χ2n) is 8.49. The third kappa shape index (κ3) is 4.14. The van der Waals surface area contributed by atoms with E-state index in [1.807, 2.05) is 0 Å². The number of rotatable bonds is 5. The van der Waals surface area contributed by atoms with Crippen LogP contribution in [0.1, 0.15) is 25.3 Å². The Balaban J connectivity index is 1.74. The summed E-state index contributed by atoms with van der Waals surface area (Å²) in [5, 5.41) is 13.6. The topological polar surface area (TPSA) is 104 Å². The van der Waals surface area contributed by atoms with Crippen molar-refractivity contribution in [1.82, 2.24) is 25.2 Å². The molecule has 36 heavy (non-hydrogen) atoms. The van der Waals surface area contributed by atoms with Crippen LogP contribution in [0.4, 0.5) is 27.6 Å². The predicted molar refractivity (Wildman–Crippen MR) is 115 cm³/mol. The van der Waals surface area contributed by atoms with E-state index in [1.165, 1.54) is 29.9 Å². The number of pyridine rings is 1. The third-order valence-electron chi connectivity index (χ3n) is 6.45. The lowest BCUT2D eigenvalue weighted by molar-refractivity contribution is -0.272. The van der Waals surface area contributed by atoms with Gasteiger partial charge in [0.1, 0.15) is 11.8 Å². The molecule has 1 N–H and O–H groups in total. The molecule has 192 valence electrons. The zero-order chi connectivity index (χ0) is 26.4. The number of hydrogen-bond acceptors (Lipinski definition) is 7. The summed E-state index contributed by atoms with van der Waals surface area (Å²) in [6, 6.07) is 4.70. The number of aryl methyl sites for hydroxylation is 1. The standard InChI is InChI=1S/C22H21F5N6O3/c1-10-15(12-5-6-13(23)16(24)17(12)35-4)18(36-21(10,2)22(25,26)27)20(34)29-11-7-8-28-14(9-11)19-30-31-32-33(19)3/h5-10,15,18H,1-4H3,(H,28,29,34). The summed E-state index contributed by atoms with van der Waals surface area (Å²) >= 11 is 0. The van der Waals surface area contributed by atoms with Crippen LogP contribution in [0.3, 0.4) is 0 Å². The van der Waals surface area contributed by atoms with Gasteiger partial charge in [0.25, 0.3) is 5.91 Å². The second-order valence-corrected chi connectivity index (χ2v) is 8.49. The van der Waals surface area contributed by atoms with Gasteiger partial charge in [-0.1, -0.05) is 13.0 Å². The predicted octanol–water partition coefficient (Wildman–Crippen LogP) is 3.64. The van der Waals surface area contributed by atoms with Gasteiger partial charge < -0.3 is 14.8 Å². The largest absolute Gasteiger partial charge is 0.493 e. The second kappa shape index (κ2) is 9.08. The molecule has 1 amide bonds. The van der Waals surface area contributed by atoms with E-state index < -0.39 is 53.0 Å². The summed E-state index contributed by atoms with van der Waals surface area (Å²) in [7, 11) is 2.63. The van der Waals surface area contributed by atoms with Crippen molar-refractivity contribution in [1.29, 1.82) is 0 Å². The van der Waals surface area contributed by atoms with Crippen LogP contribution >= 0.6 is 0 Å². The highest BCUT2D eigenvalue weighted by molar-refractivity contribution is 5.95. The van der Waals surface area contributed by atoms with E-state index in [0.717, 1.165) is 26.2 Å². The number of halogens is 5. The number of aromatic nitrogens is 5. The molecule has 14 heteroatoms. The Labute approximate surface area is 201 Å². The van der Waals surface area contributed by atoms with Crippen LogP contribution in [0.5, 0.6) is 5.75 Å². The summed E-state index contributed by atoms with van der Waals surface area (Å²) in [5.74, 6) is -6.57. The molecule has 0 saturated carbocycles. The quantitative estimate of drug-likeness (QED) is 0.521. The molecule has 2 aromatic heterocycles. The summed E-state index contributed by atoms with van der Waals surface area (Å²) < 4.78 is 82.2. The first-order chi connectivity index (χ1) is 16.9. The molecule has 9 nitrogen and oxygen atoms in total. The number of methoxy groups -OCH3 is 1. The van der Waals surface area contributed by atoms with E-state index in [9.17, 15) is 26.7 Å². The number of carbonyl (C=O) groups is 1. The Hall–Kier alpha value is -3.68. The SMILES string of the molecule is COc1c(C2C(C(=O)Nc3ccnc(-c4nnnn4C)c3)OC(C)(C(F)(F)F)C2C)ccc(F)c1F. The fraction of sp³-hybridized carbons (Fsp3) is 0.409. The highest BCUT2D eigenvalue weighted by Crippen LogP contribution is 2.55. The maximum absolute atomic E-state index is 14.5. The fourth-order valence-corrected chi connectivity index (χ4v) is 4.33. The summed E-state index contributed by atoms with van der Waals surface area (Å²) in [4.78, 5) is 17.4. The molecule has 0 aliphatic carbocycles. The Morgan fingerprint density at radius 3 is 2.58 bits per heavy atom. The van der Waals surface area contributed by atoms with E-state index in [0.29, 0.717) is 5.69 Å². The van der Waals surface area contributed by atoms with Crippen molar-refractivity contribution >= 4 is 11.6 Å². The van der Waals surface area contributed by atoms with Gasteiger partial charge >= 0.3 is 6.18 Å². The van der Waals surface area contributed by atoms with Crippen LogP contribution in [0.2, 0.25) is 0 Å². The number of nitrogens with zero attached hydrogens (tertiary/aromatic N) is 5. The molecule has 0 spiro atoms. The van der Waals surface area contributed by atoms with E-state index in [2.05, 4.69) is 25.8 Å². The van der Waals surface area contributed by atoms with Gasteiger partial charge in [-0.3, -0.25) is 9.78 Å². The van der Waals surface area contributed by atoms with Gasteiger partial charge in [0.05, 0.1) is 7.11 Å². The Kier molecular flexibility index (Phi) is 6.41. The van der Waals surface area contributed by atoms with Crippen molar-refractivity contribution in [2.75, 3.05) is 12.4 Å². The molecule has 3 aromatic rings. The van der Waals surface area contributed by atoms with Gasteiger partial charge in [0.2, 0.25) is 5.82 Å². The van der Waals surface area contributed by atoms with Crippen molar-refractivity contribution in [2.45, 2.75) is 37.6 Å². The molecular weight excluding hydrogens is 491 g/mol. The molecule has 4 rings (SSSR count). The normalized spacial score (nSPS) is 24.1. The minimum Gasteiger partial charge on any atom is -0.493 e. The number of amides is 1. The Morgan fingerprint density at radius 1 is 1.25 bits per heavy atom. The minimum atomic E-state index is -4.87. The van der Waals surface area contributed by atoms with Gasteiger partial charge in [-0.05, 0) is 35.5 Å². The van der Waals surface area contributed by atoms with Crippen LogP contribution in [-0.2, 0) is 16.6 Å². The number of benzene rings is 1. The van der Waals surface area contributed by atoms with Crippen LogP contribution in [0.15, 0.2) is 30.5 Å². The molecule has 1 aliphatic rings. The van der Waals surface area contributed by atoms with Crippen molar-refractivity contribution in [3.63, 3.8) is 0 Å². The molecule has 3 heterocycles. The number of ether oxygens (including phenoxy) is 2. The first kappa shape index (κ1) is 25.4. The zero-order valence-electron chi connectivity index (χ0n) is 19.5. The van der Waals surface area contributed by atoms with Crippen molar-refractivity contribution in [2.24, 2.45) is 13.0 Å². The first-order valence-corrected chi connectivity index (χ1v) is 10.6. The van der Waals surface area contributed by atoms with Gasteiger partial charge in [0.15, 0.2) is 23.0 Å². The molecular formula is C22H21F5N6O3. The molecule has 0 bridgehead atoms. The minimum absolute atomic E-state index is 0.127. The van der Waals surface area contributed by atoms with Crippen LogP contribution < -0.4 is 10.1 Å². The number of alkyl halides is 3. The number of hydrogen-bond donors (Lipinski definition) is 1. The highest BCUT2D eigenvalue weighted by atomic mass is 19.4. The molecule has 1 fully saturated rings. The zero-order valence-corrected chi connectivity index (χ0v) is 19.5. The molecule has 4 unspecified atom stereocenters. The number of nitrogens with one attached hydrogen (secondary N) is 1. The molecule has 0 radical (unpaired) electrons. The summed E-state index contributed by atoms with van der Waals surface area (Å²) in [5.41, 5.74) is -2.41. The Morgan fingerprint density at radius 2 is 1.97 bits per heavy atom. The van der Waals surface area contributed by atoms with Gasteiger partial charge in [-0.2, -0.15) is 17.6 Å². The maximum atomic E-state index is 14.5. The van der Waals surface area contributed by atoms with Crippen LogP contribution in [0, 0.1) is 17.6 Å². The first-order valence-electron chi connectivity index (χ1n) is 10.6. The van der Waals surface area contributed by atoms with Gasteiger partial charge in [-0.25, -0.2) is 9.07 Å². The van der Waals surface area contributed by atoms with Crippen LogP contribution in [0.25, 0.3) is 11.5 Å². The lowest BCUT2D eigenvalue weighted by atomic mass is 9.77. The number of anilines is 1. The van der Waals surface area contributed by atoms with E-state index in [4.69, 9.17) is 9.47 Å². The lowest BCUT2D eigenvalue weighted by Gasteiger charge is -2.32. The maximum Gasteiger partial charge on any atom is 0.417 e. The van der Waals surface area contributed by atoms with Crippen LogP contribution in [-0.4, -0.2) is 56.1 Å². The van der Waals surface area contributed by atoms with E-state index >= 15 is 0 Å². The van der Waals surface area contributed by atoms with Crippen molar-refractivity contribution in [3.05, 3.63) is 47.7 Å². The summed E-state index contributed by atoms with van der Waals surface area (Å²) in [6.07, 6.45) is -5.24. The average molecular weight is 512 g/mol. The average Bonchev–Trinajstić information content (AvgIpc) is 3.37. The van der Waals surface area contributed by atoms with Crippen molar-refractivity contribution in [3.8, 4) is 17.3 Å². The van der Waals surface area contributed by atoms with Crippen molar-refractivity contribution < 1.29 is 36.2 Å². The lowest BCUT2D eigenvalue weighted by Crippen LogP contribution is -2.47. The highest BCUT2D eigenvalue weighted by Gasteiger charge is 2.65. The third-order valence-corrected chi connectivity index (χ3v) is 6.45. The molecule has 4 atom stereocenters.